The van der Waals surface area contributed by atoms with E-state index < -0.39 is 28.8 Å². The van der Waals surface area contributed by atoms with Crippen LogP contribution in [0.4, 0.5) is 4.79 Å². The minimum atomic E-state index is -4.09. The van der Waals surface area contributed by atoms with Crippen LogP contribution < -0.4 is 4.72 Å². The molecule has 0 unspecified atom stereocenters. The van der Waals surface area contributed by atoms with E-state index in [1.54, 1.807) is 11.6 Å². The lowest BCUT2D eigenvalue weighted by Crippen LogP contribution is -2.44. The van der Waals surface area contributed by atoms with Gasteiger partial charge in [-0.25, -0.2) is 9.52 Å². The molecule has 8 nitrogen and oxygen atoms in total. The first kappa shape index (κ1) is 15.7. The van der Waals surface area contributed by atoms with Gasteiger partial charge in [0.1, 0.15) is 6.54 Å². The van der Waals surface area contributed by atoms with Gasteiger partial charge in [0.2, 0.25) is 0 Å². The SMILES string of the molecule is CCOC(=O)CN(C)S(=O)(=O)NC(=O)OCC. The van der Waals surface area contributed by atoms with E-state index in [9.17, 15) is 18.0 Å². The fourth-order valence-corrected chi connectivity index (χ4v) is 1.52. The average Bonchev–Trinajstić information content (AvgIpc) is 2.17. The Kier molecular flexibility index (Phi) is 6.51. The Balaban J connectivity index is 4.40. The lowest BCUT2D eigenvalue weighted by Gasteiger charge is -2.16. The van der Waals surface area contributed by atoms with E-state index in [0.29, 0.717) is 4.31 Å². The van der Waals surface area contributed by atoms with Gasteiger partial charge in [-0.1, -0.05) is 0 Å². The molecule has 0 rings (SSSR count). The lowest BCUT2D eigenvalue weighted by atomic mass is 10.6. The highest BCUT2D eigenvalue weighted by Crippen LogP contribution is 1.95. The highest BCUT2D eigenvalue weighted by molar-refractivity contribution is 7.87. The Hall–Kier alpha value is -1.35. The Labute approximate surface area is 100 Å². The second-order valence-electron chi connectivity index (χ2n) is 2.89. The average molecular weight is 268 g/mol. The summed E-state index contributed by atoms with van der Waals surface area (Å²) in [5, 5.41) is 0. The zero-order valence-electron chi connectivity index (χ0n) is 9.93. The summed E-state index contributed by atoms with van der Waals surface area (Å²) in [5.74, 6) is -0.704. The molecule has 0 spiro atoms. The molecule has 0 aromatic carbocycles. The molecule has 0 saturated heterocycles. The second kappa shape index (κ2) is 7.07. The van der Waals surface area contributed by atoms with Crippen LogP contribution in [0.25, 0.3) is 0 Å². The Morgan fingerprint density at radius 3 is 2.18 bits per heavy atom. The third-order valence-electron chi connectivity index (χ3n) is 1.56. The molecule has 1 N–H and O–H groups in total. The first-order valence-corrected chi connectivity index (χ1v) is 6.34. The number of amides is 1. The van der Waals surface area contributed by atoms with Crippen molar-refractivity contribution in [1.29, 1.82) is 0 Å². The van der Waals surface area contributed by atoms with Gasteiger partial charge in [-0.3, -0.25) is 4.79 Å². The van der Waals surface area contributed by atoms with Crippen molar-refractivity contribution in [3.63, 3.8) is 0 Å². The van der Waals surface area contributed by atoms with Crippen LogP contribution in [0, 0.1) is 0 Å². The van der Waals surface area contributed by atoms with E-state index in [1.165, 1.54) is 6.92 Å². The van der Waals surface area contributed by atoms with Gasteiger partial charge in [0.15, 0.2) is 0 Å². The summed E-state index contributed by atoms with van der Waals surface area (Å²) in [4.78, 5) is 22.0. The molecule has 0 aliphatic heterocycles. The highest BCUT2D eigenvalue weighted by atomic mass is 32.2. The molecule has 0 aromatic heterocycles. The molecule has 0 saturated carbocycles. The van der Waals surface area contributed by atoms with Crippen molar-refractivity contribution in [2.75, 3.05) is 26.8 Å². The van der Waals surface area contributed by atoms with Gasteiger partial charge in [-0.05, 0) is 13.8 Å². The monoisotopic (exact) mass is 268 g/mol. The minimum Gasteiger partial charge on any atom is -0.465 e. The third kappa shape index (κ3) is 6.07. The van der Waals surface area contributed by atoms with Gasteiger partial charge in [0.05, 0.1) is 13.2 Å². The Morgan fingerprint density at radius 2 is 1.71 bits per heavy atom. The van der Waals surface area contributed by atoms with Crippen LogP contribution in [-0.2, 0) is 24.5 Å². The summed E-state index contributed by atoms with van der Waals surface area (Å²) in [6.45, 7) is 2.85. The van der Waals surface area contributed by atoms with Gasteiger partial charge in [0.25, 0.3) is 0 Å². The fourth-order valence-electron chi connectivity index (χ4n) is 0.817. The van der Waals surface area contributed by atoms with Gasteiger partial charge in [-0.2, -0.15) is 12.7 Å². The van der Waals surface area contributed by atoms with Gasteiger partial charge >= 0.3 is 22.3 Å². The first-order valence-electron chi connectivity index (χ1n) is 4.90. The second-order valence-corrected chi connectivity index (χ2v) is 4.67. The minimum absolute atomic E-state index is 0.0446. The molecule has 100 valence electrons. The molecule has 9 heteroatoms. The maximum atomic E-state index is 11.5. The van der Waals surface area contributed by atoms with Gasteiger partial charge in [-0.15, -0.1) is 0 Å². The quantitative estimate of drug-likeness (QED) is 0.650. The molecule has 0 bridgehead atoms. The summed E-state index contributed by atoms with van der Waals surface area (Å²) >= 11 is 0. The van der Waals surface area contributed by atoms with E-state index in [0.717, 1.165) is 7.05 Å². The van der Waals surface area contributed by atoms with E-state index in [2.05, 4.69) is 9.47 Å². The molecule has 17 heavy (non-hydrogen) atoms. The summed E-state index contributed by atoms with van der Waals surface area (Å²) in [5.41, 5.74) is 0. The lowest BCUT2D eigenvalue weighted by molar-refractivity contribution is -0.143. The molecule has 0 fully saturated rings. The van der Waals surface area contributed by atoms with E-state index >= 15 is 0 Å². The normalized spacial score (nSPS) is 11.1. The van der Waals surface area contributed by atoms with Crippen molar-refractivity contribution in [3.8, 4) is 0 Å². The van der Waals surface area contributed by atoms with Gasteiger partial charge < -0.3 is 9.47 Å². The van der Waals surface area contributed by atoms with E-state index in [4.69, 9.17) is 0 Å². The summed E-state index contributed by atoms with van der Waals surface area (Å²) in [6, 6.07) is 0. The van der Waals surface area contributed by atoms with Crippen LogP contribution in [0.1, 0.15) is 13.8 Å². The molecule has 0 aliphatic carbocycles. The largest absolute Gasteiger partial charge is 0.465 e. The van der Waals surface area contributed by atoms with Crippen LogP contribution in [0.2, 0.25) is 0 Å². The molecular formula is C8H16N2O6S. The van der Waals surface area contributed by atoms with Crippen LogP contribution in [0.5, 0.6) is 0 Å². The van der Waals surface area contributed by atoms with Crippen molar-refractivity contribution < 1.29 is 27.5 Å². The van der Waals surface area contributed by atoms with Crippen LogP contribution in [0.15, 0.2) is 0 Å². The van der Waals surface area contributed by atoms with Crippen LogP contribution in [-0.4, -0.2) is 51.6 Å². The molecular weight excluding hydrogens is 252 g/mol. The molecule has 1 amide bonds. The number of rotatable bonds is 6. The predicted molar refractivity (Wildman–Crippen MR) is 58.3 cm³/mol. The smallest absolute Gasteiger partial charge is 0.421 e. The van der Waals surface area contributed by atoms with Crippen molar-refractivity contribution in [1.82, 2.24) is 9.03 Å². The topological polar surface area (TPSA) is 102 Å². The molecule has 0 aromatic rings. The maximum Gasteiger partial charge on any atom is 0.421 e. The fraction of sp³-hybridized carbons (Fsp3) is 0.750. The standard InChI is InChI=1S/C8H16N2O6S/c1-4-15-7(11)6-10(3)17(13,14)9-8(12)16-5-2/h4-6H2,1-3H3,(H,9,12). The Morgan fingerprint density at radius 1 is 1.18 bits per heavy atom. The van der Waals surface area contributed by atoms with Crippen LogP contribution >= 0.6 is 0 Å². The first-order chi connectivity index (χ1) is 7.83. The number of hydrogen-bond donors (Lipinski definition) is 1. The van der Waals surface area contributed by atoms with Crippen molar-refractivity contribution >= 4 is 22.3 Å². The van der Waals surface area contributed by atoms with Crippen molar-refractivity contribution in [3.05, 3.63) is 0 Å². The summed E-state index contributed by atoms with van der Waals surface area (Å²) in [6.07, 6.45) is -1.09. The predicted octanol–water partition coefficient (Wildman–Crippen LogP) is -0.528. The molecule has 0 atom stereocenters. The van der Waals surface area contributed by atoms with Gasteiger partial charge in [0, 0.05) is 7.05 Å². The number of esters is 1. The van der Waals surface area contributed by atoms with Crippen molar-refractivity contribution in [2.45, 2.75) is 13.8 Å². The number of nitrogens with one attached hydrogen (secondary N) is 1. The number of carbonyl (C=O) groups excluding carboxylic acids is 2. The maximum absolute atomic E-state index is 11.5. The Bertz CT molecular complexity index is 366. The van der Waals surface area contributed by atoms with Crippen molar-refractivity contribution in [2.24, 2.45) is 0 Å². The highest BCUT2D eigenvalue weighted by Gasteiger charge is 2.23. The summed E-state index contributed by atoms with van der Waals surface area (Å²) < 4.78 is 34.2. The molecule has 0 radical (unpaired) electrons. The zero-order chi connectivity index (χ0) is 13.5. The van der Waals surface area contributed by atoms with E-state index in [1.807, 2.05) is 0 Å². The third-order valence-corrected chi connectivity index (χ3v) is 2.93. The van der Waals surface area contributed by atoms with E-state index in [-0.39, 0.29) is 13.2 Å². The number of hydrogen-bond acceptors (Lipinski definition) is 6. The number of likely N-dealkylation sites (N-methyl/N-ethyl adjacent to an activating group) is 1. The number of carbonyl (C=O) groups is 2. The van der Waals surface area contributed by atoms with Crippen LogP contribution in [0.3, 0.4) is 0 Å². The number of ether oxygens (including phenoxy) is 2. The zero-order valence-corrected chi connectivity index (χ0v) is 10.7. The number of nitrogens with zero attached hydrogens (tertiary/aromatic N) is 1. The summed E-state index contributed by atoms with van der Waals surface area (Å²) in [7, 11) is -2.95. The molecule has 0 aliphatic rings. The molecule has 0 heterocycles.